The number of thioether (sulfide) groups is 1. The minimum Gasteiger partial charge on any atom is -0.448 e. The first kappa shape index (κ1) is 23.8. The Hall–Kier alpha value is -2.91. The Morgan fingerprint density at radius 3 is 2.14 bits per heavy atom. The van der Waals surface area contributed by atoms with Crippen LogP contribution in [0.3, 0.4) is 0 Å². The van der Waals surface area contributed by atoms with Crippen LogP contribution in [0.5, 0.6) is 0 Å². The minimum absolute atomic E-state index is 0.167. The summed E-state index contributed by atoms with van der Waals surface area (Å²) in [5.41, 5.74) is 3.99. The first-order valence-corrected chi connectivity index (χ1v) is 13.9. The molecule has 0 spiro atoms. The van der Waals surface area contributed by atoms with Gasteiger partial charge in [-0.2, -0.15) is 0 Å². The molecule has 1 amide bonds. The van der Waals surface area contributed by atoms with Crippen molar-refractivity contribution in [3.63, 3.8) is 0 Å². The average molecular weight is 594 g/mol. The van der Waals surface area contributed by atoms with Crippen molar-refractivity contribution in [2.45, 2.75) is 17.5 Å². The Kier molecular flexibility index (Phi) is 7.34. The number of rotatable bonds is 7. The highest BCUT2D eigenvalue weighted by atomic mass is 127. The van der Waals surface area contributed by atoms with Gasteiger partial charge in [-0.25, -0.2) is 4.79 Å². The number of nitrogens with zero attached hydrogens (tertiary/aromatic N) is 2. The molecule has 2 heterocycles. The number of hydrogen-bond acceptors (Lipinski definition) is 5. The number of amides is 1. The van der Waals surface area contributed by atoms with E-state index in [1.54, 1.807) is 22.9 Å². The number of carbonyl (C=O) groups is 2. The van der Waals surface area contributed by atoms with E-state index < -0.39 is 18.1 Å². The van der Waals surface area contributed by atoms with E-state index >= 15 is 0 Å². The summed E-state index contributed by atoms with van der Waals surface area (Å²) in [6.07, 6.45) is 1.17. The lowest BCUT2D eigenvalue weighted by atomic mass is 10.0. The van der Waals surface area contributed by atoms with E-state index in [0.29, 0.717) is 15.9 Å². The van der Waals surface area contributed by atoms with Crippen LogP contribution in [-0.2, 0) is 14.3 Å². The predicted molar refractivity (Wildman–Crippen MR) is 148 cm³/mol. The summed E-state index contributed by atoms with van der Waals surface area (Å²) in [5, 5.41) is -0.205. The molecule has 1 saturated heterocycles. The molecule has 5 nitrogen and oxygen atoms in total. The molecule has 0 bridgehead atoms. The number of β-lactam (4-membered cyclic amide) rings is 1. The lowest BCUT2D eigenvalue weighted by Gasteiger charge is -2.48. The summed E-state index contributed by atoms with van der Waals surface area (Å²) in [6.45, 7) is 0. The molecule has 2 atom stereocenters. The highest BCUT2D eigenvalue weighted by molar-refractivity contribution is 14.1. The lowest BCUT2D eigenvalue weighted by molar-refractivity contribution is -0.153. The van der Waals surface area contributed by atoms with Crippen molar-refractivity contribution in [3.8, 4) is 0 Å². The first-order valence-electron chi connectivity index (χ1n) is 11.3. The second kappa shape index (κ2) is 10.8. The monoisotopic (exact) mass is 594 g/mol. The zero-order valence-corrected chi connectivity index (χ0v) is 21.8. The van der Waals surface area contributed by atoms with E-state index in [1.165, 1.54) is 0 Å². The van der Waals surface area contributed by atoms with Gasteiger partial charge in [-0.15, -0.1) is 11.8 Å². The zero-order chi connectivity index (χ0) is 24.2. The summed E-state index contributed by atoms with van der Waals surface area (Å²) >= 11 is 3.89. The fourth-order valence-corrected chi connectivity index (χ4v) is 6.55. The second-order valence-corrected chi connectivity index (χ2v) is 10.1. The fraction of sp³-hybridized carbons (Fsp3) is 0.179. The van der Waals surface area contributed by atoms with Crippen molar-refractivity contribution in [1.29, 1.82) is 0 Å². The van der Waals surface area contributed by atoms with Gasteiger partial charge in [0, 0.05) is 16.4 Å². The Morgan fingerprint density at radius 1 is 1.00 bits per heavy atom. The number of aliphatic imine (C=N–C) groups is 1. The quantitative estimate of drug-likeness (QED) is 0.121. The number of alkyl halides is 1. The van der Waals surface area contributed by atoms with Gasteiger partial charge in [0.25, 0.3) is 5.91 Å². The minimum atomic E-state index is -0.566. The van der Waals surface area contributed by atoms with Crippen molar-refractivity contribution in [2.75, 3.05) is 10.2 Å². The molecule has 0 unspecified atom stereocenters. The molecule has 0 radical (unpaired) electrons. The Balaban J connectivity index is 1.40. The molecule has 0 N–H and O–H groups in total. The van der Waals surface area contributed by atoms with Gasteiger partial charge in [-0.05, 0) is 22.3 Å². The molecule has 0 aliphatic carbocycles. The molecule has 5 rings (SSSR count). The molecule has 0 aromatic heterocycles. The first-order chi connectivity index (χ1) is 17.2. The zero-order valence-electron chi connectivity index (χ0n) is 18.8. The molecule has 7 heteroatoms. The van der Waals surface area contributed by atoms with E-state index in [1.807, 2.05) is 91.0 Å². The van der Waals surface area contributed by atoms with Crippen LogP contribution in [0.25, 0.3) is 0 Å². The van der Waals surface area contributed by atoms with Gasteiger partial charge < -0.3 is 4.74 Å². The van der Waals surface area contributed by atoms with E-state index in [0.717, 1.165) is 22.3 Å². The number of hydrogen-bond donors (Lipinski definition) is 0. The van der Waals surface area contributed by atoms with E-state index in [9.17, 15) is 9.59 Å². The summed E-state index contributed by atoms with van der Waals surface area (Å²) in [7, 11) is 0. The molecule has 3 aromatic rings. The van der Waals surface area contributed by atoms with Crippen molar-refractivity contribution in [2.24, 2.45) is 4.99 Å². The van der Waals surface area contributed by atoms with Crippen LogP contribution in [-0.4, -0.2) is 44.6 Å². The van der Waals surface area contributed by atoms with Gasteiger partial charge in [-0.3, -0.25) is 14.7 Å². The molecule has 1 fully saturated rings. The maximum Gasteiger partial charge on any atom is 0.356 e. The van der Waals surface area contributed by atoms with Crippen LogP contribution < -0.4 is 0 Å². The van der Waals surface area contributed by atoms with E-state index in [2.05, 4.69) is 27.6 Å². The van der Waals surface area contributed by atoms with Crippen LogP contribution in [0.15, 0.2) is 107 Å². The Labute approximate surface area is 222 Å². The van der Waals surface area contributed by atoms with Crippen LogP contribution in [0, 0.1) is 0 Å². The van der Waals surface area contributed by atoms with Crippen molar-refractivity contribution < 1.29 is 14.3 Å². The molecule has 35 heavy (non-hydrogen) atoms. The summed E-state index contributed by atoms with van der Waals surface area (Å²) < 4.78 is 6.76. The van der Waals surface area contributed by atoms with Crippen LogP contribution in [0.2, 0.25) is 0 Å². The van der Waals surface area contributed by atoms with Crippen molar-refractivity contribution >= 4 is 52.4 Å². The van der Waals surface area contributed by atoms with Crippen LogP contribution in [0.1, 0.15) is 22.8 Å². The maximum absolute atomic E-state index is 13.6. The van der Waals surface area contributed by atoms with Gasteiger partial charge in [0.15, 0.2) is 12.1 Å². The third-order valence-electron chi connectivity index (χ3n) is 5.99. The molecule has 176 valence electrons. The number of carbonyl (C=O) groups excluding carboxylic acids is 2. The highest BCUT2D eigenvalue weighted by Gasteiger charge is 2.53. The maximum atomic E-state index is 13.6. The lowest BCUT2D eigenvalue weighted by Crippen LogP contribution is -2.64. The van der Waals surface area contributed by atoms with Gasteiger partial charge in [-0.1, -0.05) is 114 Å². The van der Waals surface area contributed by atoms with Gasteiger partial charge in [0.2, 0.25) is 0 Å². The summed E-state index contributed by atoms with van der Waals surface area (Å²) in [5.74, 6) is 0.0266. The Morgan fingerprint density at radius 2 is 1.57 bits per heavy atom. The number of fused-ring (bicyclic) bond motifs is 1. The third kappa shape index (κ3) is 4.92. The number of ether oxygens (including phenoxy) is 1. The van der Waals surface area contributed by atoms with Gasteiger partial charge in [0.05, 0.1) is 0 Å². The highest BCUT2D eigenvalue weighted by Crippen LogP contribution is 2.43. The third-order valence-corrected chi connectivity index (χ3v) is 8.23. The normalized spacial score (nSPS) is 19.6. The molecule has 0 saturated carbocycles. The molecule has 2 aliphatic heterocycles. The number of halogens is 1. The van der Waals surface area contributed by atoms with Gasteiger partial charge >= 0.3 is 5.97 Å². The Bertz CT molecular complexity index is 1230. The topological polar surface area (TPSA) is 59.0 Å². The van der Waals surface area contributed by atoms with Crippen LogP contribution >= 0.6 is 34.4 Å². The average Bonchev–Trinajstić information content (AvgIpc) is 2.92. The van der Waals surface area contributed by atoms with Crippen molar-refractivity contribution in [1.82, 2.24) is 4.90 Å². The SMILES string of the molecule is O=C(OC(c1ccccc1)c1ccccc1)C1=C(CI)CS[C@@H]2[C@H](N=Cc3ccccc3)C(=O)N12. The second-order valence-electron chi connectivity index (χ2n) is 8.24. The molecule has 2 aliphatic rings. The smallest absolute Gasteiger partial charge is 0.356 e. The molecular formula is C28H23IN2O3S. The van der Waals surface area contributed by atoms with Crippen LogP contribution in [0.4, 0.5) is 0 Å². The van der Waals surface area contributed by atoms with E-state index in [-0.39, 0.29) is 11.3 Å². The van der Waals surface area contributed by atoms with E-state index in [4.69, 9.17) is 4.74 Å². The largest absolute Gasteiger partial charge is 0.448 e. The predicted octanol–water partition coefficient (Wildman–Crippen LogP) is 5.41. The number of benzene rings is 3. The molecule has 3 aromatic carbocycles. The summed E-state index contributed by atoms with van der Waals surface area (Å²) in [4.78, 5) is 32.9. The standard InChI is InChI=1S/C28H23IN2O3S/c29-16-22-18-35-27-23(30-17-19-10-4-1-5-11-19)26(32)31(27)24(22)28(33)34-25(20-12-6-2-7-13-20)21-14-8-3-9-15-21/h1-15,17,23,25,27H,16,18H2/t23-,27-/m1/s1. The van der Waals surface area contributed by atoms with Gasteiger partial charge in [0.1, 0.15) is 11.1 Å². The van der Waals surface area contributed by atoms with Crippen molar-refractivity contribution in [3.05, 3.63) is 119 Å². The number of esters is 1. The fourth-order valence-electron chi connectivity index (χ4n) is 4.21. The molecular weight excluding hydrogens is 571 g/mol. The summed E-state index contributed by atoms with van der Waals surface area (Å²) in [6, 6.07) is 28.6.